The quantitative estimate of drug-likeness (QED) is 0.629. The van der Waals surface area contributed by atoms with E-state index in [1.807, 2.05) is 37.3 Å². The van der Waals surface area contributed by atoms with E-state index in [-0.39, 0.29) is 30.0 Å². The summed E-state index contributed by atoms with van der Waals surface area (Å²) in [4.78, 5) is 12.0. The first-order valence-corrected chi connectivity index (χ1v) is 10.4. The summed E-state index contributed by atoms with van der Waals surface area (Å²) in [6.45, 7) is 4.02. The van der Waals surface area contributed by atoms with Gasteiger partial charge in [0.2, 0.25) is 10.0 Å². The molecule has 2 aromatic rings. The maximum Gasteiger partial charge on any atom is 0.258 e. The molecular formula is C20H26N2O5S. The average Bonchev–Trinajstić information content (AvgIpc) is 2.66. The average molecular weight is 407 g/mol. The standard InChI is InChI=1S/C20H26N2O5S/c1-15-11-18(28(24,25)21-12-17-7-5-4-6-8-17)9-10-19(15)27-14-20(23)22-16(2)13-26-3/h4-11,16,21H,12-14H2,1-3H3,(H,22,23)/t16-/m0/s1. The van der Waals surface area contributed by atoms with Crippen molar-refractivity contribution in [3.05, 3.63) is 59.7 Å². The maximum absolute atomic E-state index is 12.5. The van der Waals surface area contributed by atoms with Gasteiger partial charge in [-0.3, -0.25) is 4.79 Å². The highest BCUT2D eigenvalue weighted by Crippen LogP contribution is 2.22. The number of carbonyl (C=O) groups is 1. The summed E-state index contributed by atoms with van der Waals surface area (Å²) in [6.07, 6.45) is 0. The summed E-state index contributed by atoms with van der Waals surface area (Å²) >= 11 is 0. The summed E-state index contributed by atoms with van der Waals surface area (Å²) < 4.78 is 38.0. The maximum atomic E-state index is 12.5. The van der Waals surface area contributed by atoms with E-state index in [0.29, 0.717) is 17.9 Å². The number of sulfonamides is 1. The van der Waals surface area contributed by atoms with Gasteiger partial charge in [-0.2, -0.15) is 0 Å². The van der Waals surface area contributed by atoms with E-state index in [0.717, 1.165) is 5.56 Å². The highest BCUT2D eigenvalue weighted by Gasteiger charge is 2.16. The van der Waals surface area contributed by atoms with Crippen molar-refractivity contribution >= 4 is 15.9 Å². The number of carbonyl (C=O) groups excluding carboxylic acids is 1. The normalized spacial score (nSPS) is 12.4. The molecule has 0 aliphatic heterocycles. The van der Waals surface area contributed by atoms with Crippen molar-refractivity contribution < 1.29 is 22.7 Å². The van der Waals surface area contributed by atoms with Crippen molar-refractivity contribution in [3.8, 4) is 5.75 Å². The van der Waals surface area contributed by atoms with E-state index in [2.05, 4.69) is 10.0 Å². The Labute approximate surface area is 166 Å². The van der Waals surface area contributed by atoms with Gasteiger partial charge >= 0.3 is 0 Å². The van der Waals surface area contributed by atoms with Crippen LogP contribution in [0.2, 0.25) is 0 Å². The molecule has 0 aromatic heterocycles. The Kier molecular flexibility index (Phi) is 7.98. The lowest BCUT2D eigenvalue weighted by molar-refractivity contribution is -0.124. The summed E-state index contributed by atoms with van der Waals surface area (Å²) in [5.41, 5.74) is 1.50. The van der Waals surface area contributed by atoms with E-state index in [4.69, 9.17) is 9.47 Å². The van der Waals surface area contributed by atoms with E-state index in [1.54, 1.807) is 20.1 Å². The number of hydrogen-bond donors (Lipinski definition) is 2. The minimum absolute atomic E-state index is 0.120. The Hall–Kier alpha value is -2.42. The van der Waals surface area contributed by atoms with Gasteiger partial charge in [0.1, 0.15) is 5.75 Å². The van der Waals surface area contributed by atoms with Crippen LogP contribution >= 0.6 is 0 Å². The Balaban J connectivity index is 1.96. The zero-order valence-corrected chi connectivity index (χ0v) is 17.1. The van der Waals surface area contributed by atoms with Gasteiger partial charge in [0.25, 0.3) is 5.91 Å². The summed E-state index contributed by atoms with van der Waals surface area (Å²) in [7, 11) is -2.09. The smallest absolute Gasteiger partial charge is 0.258 e. The lowest BCUT2D eigenvalue weighted by Gasteiger charge is -2.14. The second-order valence-electron chi connectivity index (χ2n) is 6.45. The van der Waals surface area contributed by atoms with Crippen LogP contribution in [-0.2, 0) is 26.1 Å². The van der Waals surface area contributed by atoms with Crippen molar-refractivity contribution in [2.24, 2.45) is 0 Å². The van der Waals surface area contributed by atoms with Gasteiger partial charge < -0.3 is 14.8 Å². The predicted octanol–water partition coefficient (Wildman–Crippen LogP) is 2.00. The van der Waals surface area contributed by atoms with E-state index >= 15 is 0 Å². The summed E-state index contributed by atoms with van der Waals surface area (Å²) in [5.74, 6) is 0.182. The molecule has 0 unspecified atom stereocenters. The number of methoxy groups -OCH3 is 1. The third-order valence-corrected chi connectivity index (χ3v) is 5.35. The van der Waals surface area contributed by atoms with Gasteiger partial charge in [-0.25, -0.2) is 13.1 Å². The van der Waals surface area contributed by atoms with E-state index in [1.165, 1.54) is 12.1 Å². The zero-order chi connectivity index (χ0) is 20.6. The molecular weight excluding hydrogens is 380 g/mol. The number of aryl methyl sites for hydroxylation is 1. The van der Waals surface area contributed by atoms with Crippen LogP contribution in [-0.4, -0.2) is 40.7 Å². The molecule has 0 spiro atoms. The highest BCUT2D eigenvalue weighted by molar-refractivity contribution is 7.89. The minimum Gasteiger partial charge on any atom is -0.484 e. The minimum atomic E-state index is -3.65. The Bertz CT molecular complexity index is 885. The van der Waals surface area contributed by atoms with Crippen LogP contribution in [0.15, 0.2) is 53.4 Å². The fourth-order valence-electron chi connectivity index (χ4n) is 2.56. The molecule has 0 aliphatic rings. The molecule has 1 amide bonds. The molecule has 0 heterocycles. The van der Waals surface area contributed by atoms with Crippen molar-refractivity contribution in [2.75, 3.05) is 20.3 Å². The molecule has 152 valence electrons. The molecule has 0 aliphatic carbocycles. The highest BCUT2D eigenvalue weighted by atomic mass is 32.2. The molecule has 2 N–H and O–H groups in total. The fourth-order valence-corrected chi connectivity index (χ4v) is 3.66. The Morgan fingerprint density at radius 2 is 1.86 bits per heavy atom. The number of ether oxygens (including phenoxy) is 2. The number of benzene rings is 2. The second kappa shape index (κ2) is 10.2. The van der Waals surface area contributed by atoms with Crippen LogP contribution in [0.5, 0.6) is 5.75 Å². The first kappa shape index (κ1) is 21.9. The number of hydrogen-bond acceptors (Lipinski definition) is 5. The predicted molar refractivity (Wildman–Crippen MR) is 107 cm³/mol. The molecule has 0 saturated carbocycles. The van der Waals surface area contributed by atoms with Crippen LogP contribution < -0.4 is 14.8 Å². The van der Waals surface area contributed by atoms with Crippen molar-refractivity contribution in [3.63, 3.8) is 0 Å². The van der Waals surface area contributed by atoms with E-state index in [9.17, 15) is 13.2 Å². The molecule has 0 bridgehead atoms. The van der Waals surface area contributed by atoms with Crippen molar-refractivity contribution in [1.29, 1.82) is 0 Å². The molecule has 0 fully saturated rings. The monoisotopic (exact) mass is 406 g/mol. The van der Waals surface area contributed by atoms with Gasteiger partial charge in [0, 0.05) is 19.7 Å². The largest absolute Gasteiger partial charge is 0.484 e. The number of amides is 1. The van der Waals surface area contributed by atoms with Crippen LogP contribution in [0, 0.1) is 6.92 Å². The van der Waals surface area contributed by atoms with Crippen LogP contribution in [0.4, 0.5) is 0 Å². The third kappa shape index (κ3) is 6.63. The molecule has 8 heteroatoms. The SMILES string of the molecule is COC[C@H](C)NC(=O)COc1ccc(S(=O)(=O)NCc2ccccc2)cc1C. The molecule has 1 atom stereocenters. The first-order valence-electron chi connectivity index (χ1n) is 8.87. The number of rotatable bonds is 10. The van der Waals surface area contributed by atoms with Crippen LogP contribution in [0.1, 0.15) is 18.1 Å². The molecule has 2 rings (SSSR count). The molecule has 28 heavy (non-hydrogen) atoms. The molecule has 0 saturated heterocycles. The van der Waals surface area contributed by atoms with Crippen LogP contribution in [0.25, 0.3) is 0 Å². The van der Waals surface area contributed by atoms with Gasteiger partial charge in [-0.1, -0.05) is 30.3 Å². The Morgan fingerprint density at radius 1 is 1.14 bits per heavy atom. The van der Waals surface area contributed by atoms with Gasteiger partial charge in [0.15, 0.2) is 6.61 Å². The third-order valence-electron chi connectivity index (χ3n) is 3.95. The lowest BCUT2D eigenvalue weighted by atomic mass is 10.2. The van der Waals surface area contributed by atoms with Gasteiger partial charge in [-0.05, 0) is 43.2 Å². The van der Waals surface area contributed by atoms with Crippen molar-refractivity contribution in [2.45, 2.75) is 31.3 Å². The molecule has 7 nitrogen and oxygen atoms in total. The molecule has 0 radical (unpaired) electrons. The topological polar surface area (TPSA) is 93.7 Å². The van der Waals surface area contributed by atoms with E-state index < -0.39 is 10.0 Å². The first-order chi connectivity index (χ1) is 13.3. The van der Waals surface area contributed by atoms with Crippen molar-refractivity contribution in [1.82, 2.24) is 10.0 Å². The summed E-state index contributed by atoms with van der Waals surface area (Å²) in [5, 5.41) is 2.74. The Morgan fingerprint density at radius 3 is 2.50 bits per heavy atom. The molecule has 2 aromatic carbocycles. The van der Waals surface area contributed by atoms with Crippen LogP contribution in [0.3, 0.4) is 0 Å². The van der Waals surface area contributed by atoms with Gasteiger partial charge in [0.05, 0.1) is 11.5 Å². The summed E-state index contributed by atoms with van der Waals surface area (Å²) in [6, 6.07) is 13.7. The second-order valence-corrected chi connectivity index (χ2v) is 8.22. The zero-order valence-electron chi connectivity index (χ0n) is 16.3. The van der Waals surface area contributed by atoms with Gasteiger partial charge in [-0.15, -0.1) is 0 Å². The fraction of sp³-hybridized carbons (Fsp3) is 0.350. The number of nitrogens with one attached hydrogen (secondary N) is 2. The lowest BCUT2D eigenvalue weighted by Crippen LogP contribution is -2.38.